The monoisotopic (exact) mass is 345 g/mol. The molecule has 0 fully saturated rings. The molecule has 2 rings (SSSR count). The highest BCUT2D eigenvalue weighted by molar-refractivity contribution is 5.94. The Bertz CT molecular complexity index is 784. The first-order chi connectivity index (χ1) is 12.0. The van der Waals surface area contributed by atoms with Crippen LogP contribution in [-0.2, 0) is 14.4 Å². The van der Waals surface area contributed by atoms with Gasteiger partial charge in [-0.25, -0.2) is 4.79 Å². The number of rotatable bonds is 9. The number of H-pyrrole nitrogens is 1. The van der Waals surface area contributed by atoms with E-state index in [-0.39, 0.29) is 5.91 Å². The fraction of sp³-hybridized carbons (Fsp3) is 0.312. The van der Waals surface area contributed by atoms with Gasteiger partial charge in [-0.2, -0.15) is 0 Å². The summed E-state index contributed by atoms with van der Waals surface area (Å²) < 4.78 is 0. The molecular weight excluding hydrogens is 326 g/mol. The zero-order chi connectivity index (χ0) is 18.1. The highest BCUT2D eigenvalue weighted by Gasteiger charge is 2.05. The number of aliphatic carboxylic acids is 1. The van der Waals surface area contributed by atoms with Crippen LogP contribution in [0.1, 0.15) is 25.7 Å². The number of benzene rings is 1. The van der Waals surface area contributed by atoms with E-state index in [0.29, 0.717) is 37.0 Å². The minimum absolute atomic E-state index is 0.0868. The van der Waals surface area contributed by atoms with Gasteiger partial charge in [0.1, 0.15) is 5.52 Å². The number of anilines is 1. The van der Waals surface area contributed by atoms with Crippen LogP contribution in [-0.4, -0.2) is 44.8 Å². The number of carbonyl (C=O) groups excluding carboxylic acids is 2. The molecule has 4 N–H and O–H groups in total. The first-order valence-electron chi connectivity index (χ1n) is 7.84. The van der Waals surface area contributed by atoms with Crippen molar-refractivity contribution in [3.05, 3.63) is 30.4 Å². The summed E-state index contributed by atoms with van der Waals surface area (Å²) in [7, 11) is 0. The maximum atomic E-state index is 11.9. The Balaban J connectivity index is 1.59. The summed E-state index contributed by atoms with van der Waals surface area (Å²) in [5, 5.41) is 24.1. The highest BCUT2D eigenvalue weighted by Crippen LogP contribution is 2.15. The van der Waals surface area contributed by atoms with E-state index in [9.17, 15) is 14.4 Å². The molecule has 132 valence electrons. The Morgan fingerprint density at radius 1 is 1.16 bits per heavy atom. The Morgan fingerprint density at radius 3 is 2.80 bits per heavy atom. The lowest BCUT2D eigenvalue weighted by Gasteiger charge is -2.05. The third-order valence-electron chi connectivity index (χ3n) is 3.37. The number of aromatic nitrogens is 3. The quantitative estimate of drug-likeness (QED) is 0.398. The minimum atomic E-state index is -1.16. The van der Waals surface area contributed by atoms with E-state index in [4.69, 9.17) is 5.11 Å². The third kappa shape index (κ3) is 6.42. The lowest BCUT2D eigenvalue weighted by molar-refractivity contribution is -0.131. The maximum Gasteiger partial charge on any atom is 0.328 e. The van der Waals surface area contributed by atoms with Gasteiger partial charge in [0, 0.05) is 30.8 Å². The van der Waals surface area contributed by atoms with E-state index in [1.807, 2.05) is 0 Å². The largest absolute Gasteiger partial charge is 0.478 e. The van der Waals surface area contributed by atoms with Crippen LogP contribution >= 0.6 is 0 Å². The number of nitrogens with zero attached hydrogens (tertiary/aromatic N) is 2. The van der Waals surface area contributed by atoms with Crippen molar-refractivity contribution >= 4 is 34.5 Å². The number of aromatic amines is 1. The van der Waals surface area contributed by atoms with Crippen LogP contribution in [0, 0.1) is 0 Å². The first-order valence-corrected chi connectivity index (χ1v) is 7.84. The Hall–Kier alpha value is -3.23. The van der Waals surface area contributed by atoms with Crippen LogP contribution in [0.4, 0.5) is 5.69 Å². The number of carboxylic acid groups (broad SMARTS) is 1. The molecule has 0 saturated heterocycles. The topological polar surface area (TPSA) is 137 Å². The lowest BCUT2D eigenvalue weighted by atomic mass is 10.2. The molecule has 1 heterocycles. The zero-order valence-electron chi connectivity index (χ0n) is 13.5. The molecule has 25 heavy (non-hydrogen) atoms. The molecule has 2 amide bonds. The van der Waals surface area contributed by atoms with Crippen molar-refractivity contribution in [2.45, 2.75) is 25.7 Å². The maximum absolute atomic E-state index is 11.9. The molecular formula is C16H19N5O4. The van der Waals surface area contributed by atoms with Gasteiger partial charge < -0.3 is 15.7 Å². The molecule has 0 saturated carbocycles. The number of unbranched alkanes of at least 4 members (excludes halogenated alkanes) is 2. The van der Waals surface area contributed by atoms with E-state index in [1.54, 1.807) is 18.2 Å². The minimum Gasteiger partial charge on any atom is -0.478 e. The molecule has 2 aromatic rings. The van der Waals surface area contributed by atoms with Gasteiger partial charge in [0.25, 0.3) is 0 Å². The Labute approximate surface area is 143 Å². The van der Waals surface area contributed by atoms with Gasteiger partial charge in [-0.05, 0) is 31.0 Å². The van der Waals surface area contributed by atoms with Crippen molar-refractivity contribution in [3.8, 4) is 0 Å². The van der Waals surface area contributed by atoms with E-state index in [1.165, 1.54) is 0 Å². The van der Waals surface area contributed by atoms with E-state index >= 15 is 0 Å². The smallest absolute Gasteiger partial charge is 0.328 e. The Kier molecular flexibility index (Phi) is 6.64. The fourth-order valence-electron chi connectivity index (χ4n) is 2.15. The van der Waals surface area contributed by atoms with Crippen LogP contribution in [0.15, 0.2) is 30.4 Å². The van der Waals surface area contributed by atoms with Crippen LogP contribution in [0.2, 0.25) is 0 Å². The lowest BCUT2D eigenvalue weighted by Crippen LogP contribution is -2.22. The van der Waals surface area contributed by atoms with Gasteiger partial charge in [0.15, 0.2) is 0 Å². The first kappa shape index (κ1) is 18.1. The van der Waals surface area contributed by atoms with Crippen molar-refractivity contribution in [1.29, 1.82) is 0 Å². The summed E-state index contributed by atoms with van der Waals surface area (Å²) in [6, 6.07) is 5.32. The van der Waals surface area contributed by atoms with Gasteiger partial charge in [-0.15, -0.1) is 5.10 Å². The summed E-state index contributed by atoms with van der Waals surface area (Å²) in [5.41, 5.74) is 2.16. The number of hydrogen-bond acceptors (Lipinski definition) is 5. The van der Waals surface area contributed by atoms with Crippen molar-refractivity contribution in [2.75, 3.05) is 11.9 Å². The number of carboxylic acids is 1. The SMILES string of the molecule is O=C(O)C=CC(=O)NCCCCCC(=O)Nc1ccc2[nH]nnc2c1. The molecule has 0 atom stereocenters. The predicted octanol–water partition coefficient (Wildman–Crippen LogP) is 1.21. The average molecular weight is 345 g/mol. The number of amides is 2. The normalized spacial score (nSPS) is 10.9. The van der Waals surface area contributed by atoms with Crippen molar-refractivity contribution < 1.29 is 19.5 Å². The molecule has 0 radical (unpaired) electrons. The fourth-order valence-corrected chi connectivity index (χ4v) is 2.15. The molecule has 0 spiro atoms. The van der Waals surface area contributed by atoms with Gasteiger partial charge in [-0.1, -0.05) is 11.6 Å². The molecule has 0 aliphatic rings. The van der Waals surface area contributed by atoms with Crippen molar-refractivity contribution in [2.24, 2.45) is 0 Å². The highest BCUT2D eigenvalue weighted by atomic mass is 16.4. The van der Waals surface area contributed by atoms with E-state index in [0.717, 1.165) is 24.1 Å². The number of nitrogens with one attached hydrogen (secondary N) is 3. The zero-order valence-corrected chi connectivity index (χ0v) is 13.5. The second kappa shape index (κ2) is 9.16. The molecule has 9 heteroatoms. The average Bonchev–Trinajstić information content (AvgIpc) is 3.03. The van der Waals surface area contributed by atoms with Gasteiger partial charge in [0.2, 0.25) is 11.8 Å². The van der Waals surface area contributed by atoms with E-state index in [2.05, 4.69) is 26.0 Å². The second-order valence-electron chi connectivity index (χ2n) is 5.37. The summed E-state index contributed by atoms with van der Waals surface area (Å²) in [5.74, 6) is -1.69. The van der Waals surface area contributed by atoms with Gasteiger partial charge in [0.05, 0.1) is 5.52 Å². The second-order valence-corrected chi connectivity index (χ2v) is 5.37. The van der Waals surface area contributed by atoms with Gasteiger partial charge >= 0.3 is 5.97 Å². The van der Waals surface area contributed by atoms with Crippen LogP contribution in [0.5, 0.6) is 0 Å². The molecule has 0 aliphatic carbocycles. The molecule has 9 nitrogen and oxygen atoms in total. The van der Waals surface area contributed by atoms with Crippen LogP contribution in [0.25, 0.3) is 11.0 Å². The summed E-state index contributed by atoms with van der Waals surface area (Å²) in [6.45, 7) is 0.438. The van der Waals surface area contributed by atoms with Gasteiger partial charge in [-0.3, -0.25) is 14.7 Å². The number of fused-ring (bicyclic) bond motifs is 1. The summed E-state index contributed by atoms with van der Waals surface area (Å²) in [6.07, 6.45) is 4.32. The van der Waals surface area contributed by atoms with Crippen LogP contribution < -0.4 is 10.6 Å². The number of hydrogen-bond donors (Lipinski definition) is 4. The Morgan fingerprint density at radius 2 is 2.00 bits per heavy atom. The summed E-state index contributed by atoms with van der Waals surface area (Å²) in [4.78, 5) is 33.4. The van der Waals surface area contributed by atoms with E-state index < -0.39 is 11.9 Å². The standard InChI is InChI=1S/C16H19N5O4/c22-14(7-8-16(24)25)17-9-3-1-2-4-15(23)18-11-5-6-12-13(10-11)20-21-19-12/h5-8,10H,1-4,9H2,(H,17,22)(H,18,23)(H,24,25)(H,19,20,21). The third-order valence-corrected chi connectivity index (χ3v) is 3.37. The van der Waals surface area contributed by atoms with Crippen LogP contribution in [0.3, 0.4) is 0 Å². The predicted molar refractivity (Wildman–Crippen MR) is 90.8 cm³/mol. The van der Waals surface area contributed by atoms with Crippen molar-refractivity contribution in [1.82, 2.24) is 20.7 Å². The molecule has 1 aromatic carbocycles. The molecule has 1 aromatic heterocycles. The number of carbonyl (C=O) groups is 3. The molecule has 0 aliphatic heterocycles. The summed E-state index contributed by atoms with van der Waals surface area (Å²) >= 11 is 0. The molecule has 0 unspecified atom stereocenters. The van der Waals surface area contributed by atoms with Crippen molar-refractivity contribution in [3.63, 3.8) is 0 Å². The molecule has 0 bridgehead atoms.